The number of benzene rings is 4. The Morgan fingerprint density at radius 3 is 1.14 bits per heavy atom. The van der Waals surface area contributed by atoms with Crippen molar-refractivity contribution in [3.8, 4) is 0 Å². The standard InChI is InChI=1S/C33H33F3/c1-23-6-14-27(15-7-23)31(3,4)28-18-10-25(11-19-28)22-26-12-20-30(21-13-26)32(5,33(34,35)36)29-16-8-24(2)9-17-29/h6-21H,22H2,1-5H3. The van der Waals surface area contributed by atoms with Gasteiger partial charge in [-0.25, -0.2) is 0 Å². The molecule has 0 saturated carbocycles. The first-order chi connectivity index (χ1) is 16.9. The Kier molecular flexibility index (Phi) is 6.88. The zero-order valence-electron chi connectivity index (χ0n) is 21.6. The van der Waals surface area contributed by atoms with Gasteiger partial charge in [-0.3, -0.25) is 0 Å². The maximum Gasteiger partial charge on any atom is 0.402 e. The number of hydrogen-bond acceptors (Lipinski definition) is 0. The van der Waals surface area contributed by atoms with Gasteiger partial charge in [0.25, 0.3) is 0 Å². The average Bonchev–Trinajstić information content (AvgIpc) is 2.84. The quantitative estimate of drug-likeness (QED) is 0.255. The zero-order chi connectivity index (χ0) is 26.1. The highest BCUT2D eigenvalue weighted by molar-refractivity contribution is 5.44. The summed E-state index contributed by atoms with van der Waals surface area (Å²) in [5.74, 6) is 0. The van der Waals surface area contributed by atoms with Crippen LogP contribution in [0.15, 0.2) is 97.1 Å². The maximum absolute atomic E-state index is 14.3. The highest BCUT2D eigenvalue weighted by atomic mass is 19.4. The minimum absolute atomic E-state index is 0.119. The van der Waals surface area contributed by atoms with E-state index in [-0.39, 0.29) is 16.5 Å². The predicted octanol–water partition coefficient (Wildman–Crippen LogP) is 9.09. The molecule has 0 saturated heterocycles. The molecule has 0 spiro atoms. The van der Waals surface area contributed by atoms with Crippen molar-refractivity contribution in [2.75, 3.05) is 0 Å². The van der Waals surface area contributed by atoms with E-state index in [2.05, 4.69) is 69.3 Å². The van der Waals surface area contributed by atoms with Gasteiger partial charge in [-0.1, -0.05) is 122 Å². The molecular formula is C33H33F3. The summed E-state index contributed by atoms with van der Waals surface area (Å²) in [7, 11) is 0. The summed E-state index contributed by atoms with van der Waals surface area (Å²) in [6.45, 7) is 9.67. The van der Waals surface area contributed by atoms with Gasteiger partial charge < -0.3 is 0 Å². The molecule has 0 aliphatic carbocycles. The van der Waals surface area contributed by atoms with Crippen molar-refractivity contribution in [3.63, 3.8) is 0 Å². The summed E-state index contributed by atoms with van der Waals surface area (Å²) >= 11 is 0. The van der Waals surface area contributed by atoms with Crippen molar-refractivity contribution in [3.05, 3.63) is 142 Å². The van der Waals surface area contributed by atoms with Crippen molar-refractivity contribution in [2.24, 2.45) is 0 Å². The van der Waals surface area contributed by atoms with Gasteiger partial charge in [0.1, 0.15) is 5.41 Å². The smallest absolute Gasteiger partial charge is 0.170 e. The second kappa shape index (κ2) is 9.61. The normalized spacial score (nSPS) is 13.9. The molecule has 4 rings (SSSR count). The SMILES string of the molecule is Cc1ccc(C(C)(C)c2ccc(Cc3ccc(C(C)(c4ccc(C)cc4)C(F)(F)F)cc3)cc2)cc1. The van der Waals surface area contributed by atoms with E-state index in [1.54, 1.807) is 36.4 Å². The molecule has 0 bridgehead atoms. The molecule has 0 fully saturated rings. The molecule has 0 amide bonds. The molecule has 186 valence electrons. The summed E-state index contributed by atoms with van der Waals surface area (Å²) in [6, 6.07) is 30.7. The van der Waals surface area contributed by atoms with Crippen LogP contribution in [0.1, 0.15) is 65.3 Å². The van der Waals surface area contributed by atoms with Crippen LogP contribution in [0.4, 0.5) is 13.2 Å². The van der Waals surface area contributed by atoms with Crippen molar-refractivity contribution in [1.29, 1.82) is 0 Å². The van der Waals surface area contributed by atoms with Gasteiger partial charge in [0.15, 0.2) is 0 Å². The number of aryl methyl sites for hydroxylation is 2. The highest BCUT2D eigenvalue weighted by Gasteiger charge is 2.53. The number of hydrogen-bond donors (Lipinski definition) is 0. The average molecular weight is 487 g/mol. The van der Waals surface area contributed by atoms with E-state index in [0.29, 0.717) is 6.42 Å². The third kappa shape index (κ3) is 4.97. The topological polar surface area (TPSA) is 0 Å². The van der Waals surface area contributed by atoms with Crippen LogP contribution in [0.2, 0.25) is 0 Å². The molecule has 0 nitrogen and oxygen atoms in total. The van der Waals surface area contributed by atoms with Crippen LogP contribution in [0.25, 0.3) is 0 Å². The van der Waals surface area contributed by atoms with E-state index >= 15 is 0 Å². The van der Waals surface area contributed by atoms with Crippen molar-refractivity contribution in [1.82, 2.24) is 0 Å². The fourth-order valence-electron chi connectivity index (χ4n) is 4.75. The van der Waals surface area contributed by atoms with Gasteiger partial charge in [0.2, 0.25) is 0 Å². The second-order valence-corrected chi connectivity index (χ2v) is 10.6. The van der Waals surface area contributed by atoms with E-state index in [4.69, 9.17) is 0 Å². The lowest BCUT2D eigenvalue weighted by Crippen LogP contribution is -2.40. The molecule has 0 heterocycles. The Balaban J connectivity index is 1.55. The van der Waals surface area contributed by atoms with Gasteiger partial charge in [-0.2, -0.15) is 13.2 Å². The summed E-state index contributed by atoms with van der Waals surface area (Å²) in [5, 5.41) is 0. The third-order valence-corrected chi connectivity index (χ3v) is 7.58. The molecule has 0 aliphatic rings. The lowest BCUT2D eigenvalue weighted by molar-refractivity contribution is -0.173. The van der Waals surface area contributed by atoms with Gasteiger partial charge in [-0.05, 0) is 60.6 Å². The fraction of sp³-hybridized carbons (Fsp3) is 0.273. The van der Waals surface area contributed by atoms with Gasteiger partial charge in [0, 0.05) is 5.41 Å². The summed E-state index contributed by atoms with van der Waals surface area (Å²) in [4.78, 5) is 0. The zero-order valence-corrected chi connectivity index (χ0v) is 21.6. The Morgan fingerprint density at radius 2 is 0.778 bits per heavy atom. The minimum Gasteiger partial charge on any atom is -0.170 e. The molecule has 0 N–H and O–H groups in total. The molecule has 1 unspecified atom stereocenters. The Morgan fingerprint density at radius 1 is 0.472 bits per heavy atom. The predicted molar refractivity (Wildman–Crippen MR) is 143 cm³/mol. The van der Waals surface area contributed by atoms with Crippen LogP contribution >= 0.6 is 0 Å². The molecule has 0 radical (unpaired) electrons. The van der Waals surface area contributed by atoms with Gasteiger partial charge >= 0.3 is 6.18 Å². The number of alkyl halides is 3. The fourth-order valence-corrected chi connectivity index (χ4v) is 4.75. The molecule has 3 heteroatoms. The summed E-state index contributed by atoms with van der Waals surface area (Å²) in [5.41, 5.74) is 5.09. The number of rotatable bonds is 6. The van der Waals surface area contributed by atoms with E-state index in [9.17, 15) is 13.2 Å². The molecule has 36 heavy (non-hydrogen) atoms. The molecule has 4 aromatic carbocycles. The highest BCUT2D eigenvalue weighted by Crippen LogP contribution is 2.46. The van der Waals surface area contributed by atoms with Crippen LogP contribution in [-0.4, -0.2) is 6.18 Å². The van der Waals surface area contributed by atoms with Crippen molar-refractivity contribution < 1.29 is 13.2 Å². The van der Waals surface area contributed by atoms with Crippen LogP contribution in [0, 0.1) is 13.8 Å². The Labute approximate surface area is 212 Å². The third-order valence-electron chi connectivity index (χ3n) is 7.58. The number of halogens is 3. The first kappa shape index (κ1) is 25.8. The summed E-state index contributed by atoms with van der Waals surface area (Å²) in [6.07, 6.45) is -3.75. The van der Waals surface area contributed by atoms with Crippen LogP contribution < -0.4 is 0 Å². The maximum atomic E-state index is 14.3. The van der Waals surface area contributed by atoms with Crippen molar-refractivity contribution in [2.45, 2.75) is 58.0 Å². The van der Waals surface area contributed by atoms with Crippen LogP contribution in [0.3, 0.4) is 0 Å². The molecule has 0 aliphatic heterocycles. The van der Waals surface area contributed by atoms with Crippen LogP contribution in [0.5, 0.6) is 0 Å². The van der Waals surface area contributed by atoms with Gasteiger partial charge in [-0.15, -0.1) is 0 Å². The van der Waals surface area contributed by atoms with E-state index < -0.39 is 11.6 Å². The van der Waals surface area contributed by atoms with E-state index in [1.165, 1.54) is 23.6 Å². The van der Waals surface area contributed by atoms with E-state index in [0.717, 1.165) is 16.7 Å². The largest absolute Gasteiger partial charge is 0.402 e. The minimum atomic E-state index is -4.41. The summed E-state index contributed by atoms with van der Waals surface area (Å²) < 4.78 is 42.9. The van der Waals surface area contributed by atoms with Crippen molar-refractivity contribution >= 4 is 0 Å². The van der Waals surface area contributed by atoms with E-state index in [1.807, 2.05) is 19.1 Å². The molecule has 0 aromatic heterocycles. The first-order valence-corrected chi connectivity index (χ1v) is 12.3. The molecule has 1 atom stereocenters. The first-order valence-electron chi connectivity index (χ1n) is 12.3. The molecular weight excluding hydrogens is 453 g/mol. The second-order valence-electron chi connectivity index (χ2n) is 10.6. The van der Waals surface area contributed by atoms with Gasteiger partial charge in [0.05, 0.1) is 0 Å². The lowest BCUT2D eigenvalue weighted by atomic mass is 9.75. The monoisotopic (exact) mass is 486 g/mol. The lowest BCUT2D eigenvalue weighted by Gasteiger charge is -2.33. The Hall–Kier alpha value is -3.33. The Bertz CT molecular complexity index is 1290. The van der Waals surface area contributed by atoms with Crippen LogP contribution in [-0.2, 0) is 17.3 Å². The molecule has 4 aromatic rings.